The van der Waals surface area contributed by atoms with Crippen molar-refractivity contribution in [1.29, 1.82) is 0 Å². The number of nitrogens with zero attached hydrogens (tertiary/aromatic N) is 1. The predicted molar refractivity (Wildman–Crippen MR) is 76.7 cm³/mol. The van der Waals surface area contributed by atoms with Gasteiger partial charge < -0.3 is 5.32 Å². The molecule has 0 radical (unpaired) electrons. The molecule has 1 aromatic heterocycles. The van der Waals surface area contributed by atoms with Gasteiger partial charge >= 0.3 is 0 Å². The van der Waals surface area contributed by atoms with Gasteiger partial charge in [0.25, 0.3) is 0 Å². The van der Waals surface area contributed by atoms with Crippen molar-refractivity contribution >= 4 is 5.82 Å². The van der Waals surface area contributed by atoms with E-state index < -0.39 is 0 Å². The monoisotopic (exact) mass is 240 g/mol. The fourth-order valence-corrected chi connectivity index (χ4v) is 2.03. The van der Waals surface area contributed by atoms with Gasteiger partial charge in [-0.25, -0.2) is 4.98 Å². The molecule has 1 unspecified atom stereocenters. The van der Waals surface area contributed by atoms with E-state index in [1.165, 1.54) is 11.1 Å². The molecule has 0 aliphatic carbocycles. The first-order chi connectivity index (χ1) is 8.83. The van der Waals surface area contributed by atoms with Crippen LogP contribution in [0.5, 0.6) is 0 Å². The van der Waals surface area contributed by atoms with Crippen LogP contribution in [0.2, 0.25) is 0 Å². The second kappa shape index (κ2) is 6.20. The van der Waals surface area contributed by atoms with Gasteiger partial charge in [0.2, 0.25) is 0 Å². The summed E-state index contributed by atoms with van der Waals surface area (Å²) in [6.45, 7) is 4.37. The maximum atomic E-state index is 4.31. The third-order valence-electron chi connectivity index (χ3n) is 3.19. The minimum Gasteiger partial charge on any atom is -0.363 e. The summed E-state index contributed by atoms with van der Waals surface area (Å²) in [6.07, 6.45) is 3.95. The van der Waals surface area contributed by atoms with E-state index in [0.29, 0.717) is 6.04 Å². The first kappa shape index (κ1) is 12.6. The highest BCUT2D eigenvalue weighted by Crippen LogP contribution is 2.21. The van der Waals surface area contributed by atoms with E-state index in [1.54, 1.807) is 0 Å². The van der Waals surface area contributed by atoms with Crippen LogP contribution in [-0.2, 0) is 6.42 Å². The van der Waals surface area contributed by atoms with Crippen LogP contribution < -0.4 is 5.32 Å². The fourth-order valence-electron chi connectivity index (χ4n) is 2.03. The number of hydrogen-bond acceptors (Lipinski definition) is 2. The van der Waals surface area contributed by atoms with Gasteiger partial charge in [0.15, 0.2) is 0 Å². The van der Waals surface area contributed by atoms with Gasteiger partial charge in [-0.05, 0) is 36.1 Å². The van der Waals surface area contributed by atoms with Crippen LogP contribution in [0, 0.1) is 0 Å². The van der Waals surface area contributed by atoms with Crippen LogP contribution >= 0.6 is 0 Å². The summed E-state index contributed by atoms with van der Waals surface area (Å²) in [5.41, 5.74) is 2.70. The Labute approximate surface area is 109 Å². The molecule has 0 spiro atoms. The normalized spacial score (nSPS) is 12.1. The Morgan fingerprint density at radius 3 is 2.39 bits per heavy atom. The molecule has 1 atom stereocenters. The Morgan fingerprint density at radius 1 is 1.06 bits per heavy atom. The Hall–Kier alpha value is -1.83. The van der Waals surface area contributed by atoms with Gasteiger partial charge in [-0.2, -0.15) is 0 Å². The number of anilines is 1. The average molecular weight is 240 g/mol. The van der Waals surface area contributed by atoms with Gasteiger partial charge in [0.05, 0.1) is 6.04 Å². The highest BCUT2D eigenvalue weighted by molar-refractivity contribution is 5.38. The van der Waals surface area contributed by atoms with Crippen molar-refractivity contribution in [2.75, 3.05) is 5.32 Å². The first-order valence-corrected chi connectivity index (χ1v) is 6.60. The molecule has 2 aromatic rings. The third kappa shape index (κ3) is 3.10. The second-order valence-corrected chi connectivity index (χ2v) is 4.42. The zero-order chi connectivity index (χ0) is 12.8. The van der Waals surface area contributed by atoms with Crippen molar-refractivity contribution in [2.24, 2.45) is 0 Å². The lowest BCUT2D eigenvalue weighted by Crippen LogP contribution is -2.10. The van der Waals surface area contributed by atoms with Crippen molar-refractivity contribution in [1.82, 2.24) is 4.98 Å². The summed E-state index contributed by atoms with van der Waals surface area (Å²) in [6, 6.07) is 15.1. The molecule has 2 rings (SSSR count). The predicted octanol–water partition coefficient (Wildman–Crippen LogP) is 4.21. The summed E-state index contributed by atoms with van der Waals surface area (Å²) < 4.78 is 0. The van der Waals surface area contributed by atoms with Crippen LogP contribution in [0.1, 0.15) is 37.4 Å². The summed E-state index contributed by atoms with van der Waals surface area (Å²) in [5.74, 6) is 0.934. The van der Waals surface area contributed by atoms with Crippen LogP contribution in [0.4, 0.5) is 5.82 Å². The number of rotatable bonds is 5. The first-order valence-electron chi connectivity index (χ1n) is 6.60. The van der Waals surface area contributed by atoms with E-state index in [9.17, 15) is 0 Å². The van der Waals surface area contributed by atoms with Crippen molar-refractivity contribution < 1.29 is 0 Å². The van der Waals surface area contributed by atoms with Gasteiger partial charge in [0, 0.05) is 6.20 Å². The molecule has 1 aromatic carbocycles. The molecule has 0 fully saturated rings. The summed E-state index contributed by atoms with van der Waals surface area (Å²) in [5, 5.41) is 3.47. The number of aromatic nitrogens is 1. The zero-order valence-electron chi connectivity index (χ0n) is 11.1. The van der Waals surface area contributed by atoms with E-state index >= 15 is 0 Å². The van der Waals surface area contributed by atoms with E-state index in [1.807, 2.05) is 24.4 Å². The van der Waals surface area contributed by atoms with Crippen LogP contribution in [-0.4, -0.2) is 4.98 Å². The molecule has 1 N–H and O–H groups in total. The molecule has 18 heavy (non-hydrogen) atoms. The van der Waals surface area contributed by atoms with Gasteiger partial charge in [-0.3, -0.25) is 0 Å². The van der Waals surface area contributed by atoms with Crippen molar-refractivity contribution in [3.63, 3.8) is 0 Å². The van der Waals surface area contributed by atoms with Crippen LogP contribution in [0.3, 0.4) is 0 Å². The molecule has 0 aliphatic heterocycles. The molecular formula is C16H20N2. The smallest absolute Gasteiger partial charge is 0.126 e. The maximum Gasteiger partial charge on any atom is 0.126 e. The Balaban J connectivity index is 2.12. The third-order valence-corrected chi connectivity index (χ3v) is 3.19. The van der Waals surface area contributed by atoms with Crippen molar-refractivity contribution in [2.45, 2.75) is 32.7 Å². The Kier molecular flexibility index (Phi) is 4.35. The quantitative estimate of drug-likeness (QED) is 0.847. The van der Waals surface area contributed by atoms with E-state index in [2.05, 4.69) is 48.4 Å². The number of nitrogens with one attached hydrogen (secondary N) is 1. The average Bonchev–Trinajstić information content (AvgIpc) is 2.46. The highest BCUT2D eigenvalue weighted by Gasteiger charge is 2.09. The lowest BCUT2D eigenvalue weighted by atomic mass is 10.0. The number of hydrogen-bond donors (Lipinski definition) is 1. The van der Waals surface area contributed by atoms with Gasteiger partial charge in [0.1, 0.15) is 5.82 Å². The molecular weight excluding hydrogens is 220 g/mol. The lowest BCUT2D eigenvalue weighted by Gasteiger charge is -2.18. The standard InChI is InChI=1S/C16H20N2/c1-3-13-8-10-14(11-9-13)15(4-2)18-16-7-5-6-12-17-16/h5-12,15H,3-4H2,1-2H3,(H,17,18). The van der Waals surface area contributed by atoms with Crippen LogP contribution in [0.15, 0.2) is 48.7 Å². The summed E-state index contributed by atoms with van der Waals surface area (Å²) in [7, 11) is 0. The number of aryl methyl sites for hydroxylation is 1. The Morgan fingerprint density at radius 2 is 1.83 bits per heavy atom. The fraction of sp³-hybridized carbons (Fsp3) is 0.312. The molecule has 0 saturated carbocycles. The Bertz CT molecular complexity index is 462. The lowest BCUT2D eigenvalue weighted by molar-refractivity contribution is 0.744. The highest BCUT2D eigenvalue weighted by atomic mass is 15.0. The van der Waals surface area contributed by atoms with E-state index in [-0.39, 0.29) is 0 Å². The van der Waals surface area contributed by atoms with E-state index in [0.717, 1.165) is 18.7 Å². The summed E-state index contributed by atoms with van der Waals surface area (Å²) >= 11 is 0. The van der Waals surface area contributed by atoms with Crippen LogP contribution in [0.25, 0.3) is 0 Å². The largest absolute Gasteiger partial charge is 0.363 e. The second-order valence-electron chi connectivity index (χ2n) is 4.42. The molecule has 0 saturated heterocycles. The zero-order valence-corrected chi connectivity index (χ0v) is 11.1. The van der Waals surface area contributed by atoms with Gasteiger partial charge in [-0.1, -0.05) is 44.2 Å². The van der Waals surface area contributed by atoms with Crippen molar-refractivity contribution in [3.8, 4) is 0 Å². The molecule has 0 bridgehead atoms. The SMILES string of the molecule is CCc1ccc(C(CC)Nc2ccccn2)cc1. The molecule has 0 aliphatic rings. The molecule has 94 valence electrons. The number of benzene rings is 1. The molecule has 1 heterocycles. The molecule has 2 nitrogen and oxygen atoms in total. The summed E-state index contributed by atoms with van der Waals surface area (Å²) in [4.78, 5) is 4.31. The van der Waals surface area contributed by atoms with Gasteiger partial charge in [-0.15, -0.1) is 0 Å². The van der Waals surface area contributed by atoms with Crippen molar-refractivity contribution in [3.05, 3.63) is 59.8 Å². The molecule has 0 amide bonds. The minimum absolute atomic E-state index is 0.325. The maximum absolute atomic E-state index is 4.31. The van der Waals surface area contributed by atoms with E-state index in [4.69, 9.17) is 0 Å². The topological polar surface area (TPSA) is 24.9 Å². The number of pyridine rings is 1. The molecule has 2 heteroatoms. The minimum atomic E-state index is 0.325.